The lowest BCUT2D eigenvalue weighted by Gasteiger charge is -2.27. The van der Waals surface area contributed by atoms with E-state index in [9.17, 15) is 13.2 Å². The van der Waals surface area contributed by atoms with Crippen LogP contribution in [0.15, 0.2) is 11.0 Å². The number of hydrogen-bond donors (Lipinski definition) is 2. The van der Waals surface area contributed by atoms with Crippen molar-refractivity contribution in [1.82, 2.24) is 4.72 Å². The predicted molar refractivity (Wildman–Crippen MR) is 94.4 cm³/mol. The van der Waals surface area contributed by atoms with E-state index in [1.165, 1.54) is 7.11 Å². The first kappa shape index (κ1) is 21.4. The second kappa shape index (κ2) is 7.72. The lowest BCUT2D eigenvalue weighted by atomic mass is 10.1. The van der Waals surface area contributed by atoms with E-state index in [-0.39, 0.29) is 4.90 Å². The molecule has 0 aliphatic rings. The zero-order valence-electron chi connectivity index (χ0n) is 15.8. The summed E-state index contributed by atoms with van der Waals surface area (Å²) in [5, 5.41) is 9.04. The standard InChI is InChI=1S/C17H27NO6S/c1-10-8-13(23-7)11(2)12(3)16(10)25(21,22)18-14(9-15(19)20)24-17(4,5)6/h8,14,18H,9H2,1-7H3,(H,19,20). The molecule has 2 N–H and O–H groups in total. The van der Waals surface area contributed by atoms with Crippen molar-refractivity contribution in [3.8, 4) is 5.75 Å². The quantitative estimate of drug-likeness (QED) is 0.712. The average Bonchev–Trinajstić information content (AvgIpc) is 2.39. The van der Waals surface area contributed by atoms with E-state index in [0.717, 1.165) is 0 Å². The third kappa shape index (κ3) is 5.69. The number of aliphatic carboxylic acids is 1. The number of nitrogens with one attached hydrogen (secondary N) is 1. The highest BCUT2D eigenvalue weighted by Gasteiger charge is 2.29. The Kier molecular flexibility index (Phi) is 6.61. The number of rotatable bonds is 7. The summed E-state index contributed by atoms with van der Waals surface area (Å²) < 4.78 is 39.0. The highest BCUT2D eigenvalue weighted by Crippen LogP contribution is 2.30. The molecule has 0 amide bonds. The number of carboxylic acids is 1. The summed E-state index contributed by atoms with van der Waals surface area (Å²) >= 11 is 0. The number of hydrogen-bond acceptors (Lipinski definition) is 5. The molecule has 7 nitrogen and oxygen atoms in total. The monoisotopic (exact) mass is 373 g/mol. The normalized spacial score (nSPS) is 13.6. The van der Waals surface area contributed by atoms with Crippen LogP contribution in [0.25, 0.3) is 0 Å². The lowest BCUT2D eigenvalue weighted by Crippen LogP contribution is -2.43. The molecule has 1 unspecified atom stereocenters. The lowest BCUT2D eigenvalue weighted by molar-refractivity contribution is -0.143. The van der Waals surface area contributed by atoms with Gasteiger partial charge in [-0.25, -0.2) is 8.42 Å². The molecule has 0 aliphatic heterocycles. The van der Waals surface area contributed by atoms with Crippen molar-refractivity contribution in [3.05, 3.63) is 22.8 Å². The molecule has 0 spiro atoms. The summed E-state index contributed by atoms with van der Waals surface area (Å²) in [4.78, 5) is 11.2. The number of carboxylic acid groups (broad SMARTS) is 1. The third-order valence-electron chi connectivity index (χ3n) is 3.61. The Hall–Kier alpha value is -1.64. The zero-order chi connectivity index (χ0) is 19.6. The molecule has 0 aliphatic carbocycles. The van der Waals surface area contributed by atoms with E-state index in [0.29, 0.717) is 22.4 Å². The molecule has 0 radical (unpaired) electrons. The minimum Gasteiger partial charge on any atom is -0.496 e. The molecular weight excluding hydrogens is 346 g/mol. The summed E-state index contributed by atoms with van der Waals surface area (Å²) in [6.07, 6.45) is -1.66. The number of ether oxygens (including phenoxy) is 2. The fourth-order valence-corrected chi connectivity index (χ4v) is 4.21. The number of aryl methyl sites for hydroxylation is 1. The van der Waals surface area contributed by atoms with Gasteiger partial charge in [0, 0.05) is 0 Å². The molecule has 0 heterocycles. The van der Waals surface area contributed by atoms with Crippen LogP contribution in [0.2, 0.25) is 0 Å². The van der Waals surface area contributed by atoms with Crippen molar-refractivity contribution in [2.45, 2.75) is 64.7 Å². The molecule has 1 atom stereocenters. The van der Waals surface area contributed by atoms with E-state index < -0.39 is 34.2 Å². The van der Waals surface area contributed by atoms with Gasteiger partial charge < -0.3 is 14.6 Å². The summed E-state index contributed by atoms with van der Waals surface area (Å²) in [5.74, 6) is -0.557. The largest absolute Gasteiger partial charge is 0.496 e. The fraction of sp³-hybridized carbons (Fsp3) is 0.588. The van der Waals surface area contributed by atoms with E-state index in [4.69, 9.17) is 14.6 Å². The smallest absolute Gasteiger partial charge is 0.307 e. The molecule has 8 heteroatoms. The highest BCUT2D eigenvalue weighted by molar-refractivity contribution is 7.89. The molecule has 25 heavy (non-hydrogen) atoms. The van der Waals surface area contributed by atoms with Crippen LogP contribution in [0, 0.1) is 20.8 Å². The minimum absolute atomic E-state index is 0.110. The van der Waals surface area contributed by atoms with Gasteiger partial charge in [-0.05, 0) is 64.3 Å². The molecule has 0 bridgehead atoms. The van der Waals surface area contributed by atoms with Gasteiger partial charge in [0.05, 0.1) is 24.0 Å². The van der Waals surface area contributed by atoms with Gasteiger partial charge in [-0.3, -0.25) is 4.79 Å². The van der Waals surface area contributed by atoms with Gasteiger partial charge >= 0.3 is 5.97 Å². The Bertz CT molecular complexity index is 749. The first-order valence-corrected chi connectivity index (χ1v) is 9.33. The van der Waals surface area contributed by atoms with Gasteiger partial charge in [0.15, 0.2) is 0 Å². The Balaban J connectivity index is 3.31. The van der Waals surface area contributed by atoms with Crippen molar-refractivity contribution in [2.24, 2.45) is 0 Å². The van der Waals surface area contributed by atoms with Crippen LogP contribution in [-0.2, 0) is 19.6 Å². The predicted octanol–water partition coefficient (Wildman–Crippen LogP) is 2.51. The average molecular weight is 373 g/mol. The van der Waals surface area contributed by atoms with Crippen LogP contribution < -0.4 is 9.46 Å². The van der Waals surface area contributed by atoms with Gasteiger partial charge in [-0.15, -0.1) is 0 Å². The molecule has 0 saturated heterocycles. The second-order valence-electron chi connectivity index (χ2n) is 6.91. The summed E-state index contributed by atoms with van der Waals surface area (Å²) in [7, 11) is -2.46. The molecule has 1 aromatic rings. The molecule has 0 aromatic heterocycles. The minimum atomic E-state index is -3.98. The van der Waals surface area contributed by atoms with Gasteiger partial charge in [-0.2, -0.15) is 4.72 Å². The Labute approximate surface area is 149 Å². The van der Waals surface area contributed by atoms with Crippen molar-refractivity contribution in [1.29, 1.82) is 0 Å². The molecule has 1 rings (SSSR count). The van der Waals surface area contributed by atoms with E-state index >= 15 is 0 Å². The maximum atomic E-state index is 12.9. The Morgan fingerprint density at radius 1 is 1.24 bits per heavy atom. The molecular formula is C17H27NO6S. The number of sulfonamides is 1. The Morgan fingerprint density at radius 2 is 1.80 bits per heavy atom. The highest BCUT2D eigenvalue weighted by atomic mass is 32.2. The first-order chi connectivity index (χ1) is 11.3. The SMILES string of the molecule is COc1cc(C)c(S(=O)(=O)NC(CC(=O)O)OC(C)(C)C)c(C)c1C. The summed E-state index contributed by atoms with van der Waals surface area (Å²) in [5.41, 5.74) is 1.06. The van der Waals surface area contributed by atoms with E-state index in [2.05, 4.69) is 4.72 Å². The van der Waals surface area contributed by atoms with Crippen molar-refractivity contribution in [3.63, 3.8) is 0 Å². The van der Waals surface area contributed by atoms with Crippen LogP contribution in [-0.4, -0.2) is 38.4 Å². The third-order valence-corrected chi connectivity index (χ3v) is 5.35. The Morgan fingerprint density at radius 3 is 2.24 bits per heavy atom. The number of carbonyl (C=O) groups is 1. The van der Waals surface area contributed by atoms with Gasteiger partial charge in [0.25, 0.3) is 0 Å². The summed E-state index contributed by atoms with van der Waals surface area (Å²) in [6.45, 7) is 10.3. The van der Waals surface area contributed by atoms with Crippen molar-refractivity contribution >= 4 is 16.0 Å². The molecule has 0 fully saturated rings. The van der Waals surface area contributed by atoms with Crippen LogP contribution in [0.3, 0.4) is 0 Å². The number of methoxy groups -OCH3 is 1. The van der Waals surface area contributed by atoms with Gasteiger partial charge in [0.2, 0.25) is 10.0 Å². The van der Waals surface area contributed by atoms with Crippen LogP contribution >= 0.6 is 0 Å². The van der Waals surface area contributed by atoms with E-state index in [1.807, 2.05) is 0 Å². The van der Waals surface area contributed by atoms with Gasteiger partial charge in [0.1, 0.15) is 12.0 Å². The topological polar surface area (TPSA) is 102 Å². The van der Waals surface area contributed by atoms with Crippen molar-refractivity contribution < 1.29 is 27.8 Å². The van der Waals surface area contributed by atoms with Crippen LogP contribution in [0.4, 0.5) is 0 Å². The fourth-order valence-electron chi connectivity index (χ4n) is 2.57. The molecule has 142 valence electrons. The van der Waals surface area contributed by atoms with E-state index in [1.54, 1.807) is 47.6 Å². The zero-order valence-corrected chi connectivity index (χ0v) is 16.6. The maximum Gasteiger partial charge on any atom is 0.307 e. The second-order valence-corrected chi connectivity index (χ2v) is 8.56. The van der Waals surface area contributed by atoms with Crippen molar-refractivity contribution in [2.75, 3.05) is 7.11 Å². The molecule has 1 aromatic carbocycles. The molecule has 0 saturated carbocycles. The van der Waals surface area contributed by atoms with Gasteiger partial charge in [-0.1, -0.05) is 0 Å². The number of benzene rings is 1. The summed E-state index contributed by atoms with van der Waals surface area (Å²) in [6, 6.07) is 1.65. The first-order valence-electron chi connectivity index (χ1n) is 7.85. The van der Waals surface area contributed by atoms with Crippen LogP contribution in [0.5, 0.6) is 5.75 Å². The maximum absolute atomic E-state index is 12.9. The van der Waals surface area contributed by atoms with Crippen LogP contribution in [0.1, 0.15) is 43.9 Å².